The van der Waals surface area contributed by atoms with Gasteiger partial charge in [0.15, 0.2) is 17.4 Å². The van der Waals surface area contributed by atoms with Crippen LogP contribution in [0.4, 0.5) is 8.78 Å². The molecular weight excluding hydrogens is 264 g/mol. The third kappa shape index (κ3) is 4.15. The van der Waals surface area contributed by atoms with E-state index < -0.39 is 11.6 Å². The highest BCUT2D eigenvalue weighted by atomic mass is 19.1. The Labute approximate surface area is 118 Å². The van der Waals surface area contributed by atoms with Gasteiger partial charge in [0.2, 0.25) is 0 Å². The van der Waals surface area contributed by atoms with E-state index in [-0.39, 0.29) is 11.9 Å². The Morgan fingerprint density at radius 3 is 2.45 bits per heavy atom. The average Bonchev–Trinajstić information content (AvgIpc) is 2.92. The number of hydrogen-bond acceptors (Lipinski definition) is 3. The molecule has 0 aliphatic heterocycles. The summed E-state index contributed by atoms with van der Waals surface area (Å²) < 4.78 is 38.2. The molecule has 112 valence electrons. The van der Waals surface area contributed by atoms with Gasteiger partial charge in [-0.25, -0.2) is 8.78 Å². The van der Waals surface area contributed by atoms with Gasteiger partial charge in [0.25, 0.3) is 0 Å². The first kappa shape index (κ1) is 15.2. The van der Waals surface area contributed by atoms with Crippen LogP contribution in [-0.4, -0.2) is 26.4 Å². The van der Waals surface area contributed by atoms with Gasteiger partial charge in [-0.05, 0) is 43.4 Å². The van der Waals surface area contributed by atoms with Crippen molar-refractivity contribution in [2.45, 2.75) is 38.3 Å². The van der Waals surface area contributed by atoms with E-state index in [9.17, 15) is 8.78 Å². The van der Waals surface area contributed by atoms with Gasteiger partial charge in [-0.1, -0.05) is 0 Å². The average molecular weight is 285 g/mol. The molecule has 5 heteroatoms. The van der Waals surface area contributed by atoms with Crippen molar-refractivity contribution in [2.75, 3.05) is 20.3 Å². The predicted octanol–water partition coefficient (Wildman–Crippen LogP) is 3.02. The summed E-state index contributed by atoms with van der Waals surface area (Å²) in [7, 11) is 1.61. The monoisotopic (exact) mass is 285 g/mol. The molecule has 0 radical (unpaired) electrons. The standard InChI is InChI=1S/C15H21F2NO2/c1-19-7-6-18-10-11-8-13(16)15(14(17)9-11)20-12-4-2-3-5-12/h8-9,12,18H,2-7,10H2,1H3. The lowest BCUT2D eigenvalue weighted by Gasteiger charge is -2.15. The third-order valence-corrected chi connectivity index (χ3v) is 3.46. The largest absolute Gasteiger partial charge is 0.484 e. The van der Waals surface area contributed by atoms with Gasteiger partial charge >= 0.3 is 0 Å². The minimum absolute atomic E-state index is 0.0512. The topological polar surface area (TPSA) is 30.5 Å². The summed E-state index contributed by atoms with van der Waals surface area (Å²) in [6.45, 7) is 1.61. The maximum absolute atomic E-state index is 13.9. The smallest absolute Gasteiger partial charge is 0.191 e. The van der Waals surface area contributed by atoms with Crippen LogP contribution in [0, 0.1) is 11.6 Å². The van der Waals surface area contributed by atoms with Crippen molar-refractivity contribution in [3.8, 4) is 5.75 Å². The van der Waals surface area contributed by atoms with Crippen molar-refractivity contribution in [1.29, 1.82) is 0 Å². The van der Waals surface area contributed by atoms with Gasteiger partial charge in [0.1, 0.15) is 0 Å². The minimum atomic E-state index is -0.625. The Morgan fingerprint density at radius 2 is 1.85 bits per heavy atom. The van der Waals surface area contributed by atoms with Gasteiger partial charge in [-0.15, -0.1) is 0 Å². The zero-order chi connectivity index (χ0) is 14.4. The highest BCUT2D eigenvalue weighted by Gasteiger charge is 2.21. The van der Waals surface area contributed by atoms with Crippen LogP contribution in [0.3, 0.4) is 0 Å². The molecule has 0 amide bonds. The van der Waals surface area contributed by atoms with Gasteiger partial charge in [-0.3, -0.25) is 0 Å². The quantitative estimate of drug-likeness (QED) is 0.781. The molecule has 20 heavy (non-hydrogen) atoms. The molecule has 2 rings (SSSR count). The van der Waals surface area contributed by atoms with Crippen molar-refractivity contribution in [1.82, 2.24) is 5.32 Å². The molecule has 0 bridgehead atoms. The van der Waals surface area contributed by atoms with Crippen LogP contribution in [0.25, 0.3) is 0 Å². The fourth-order valence-electron chi connectivity index (χ4n) is 2.41. The lowest BCUT2D eigenvalue weighted by atomic mass is 10.2. The van der Waals surface area contributed by atoms with E-state index in [0.717, 1.165) is 25.7 Å². The molecular formula is C15H21F2NO2. The van der Waals surface area contributed by atoms with Crippen molar-refractivity contribution in [2.24, 2.45) is 0 Å². The Kier molecular flexibility index (Phi) is 5.73. The molecule has 1 fully saturated rings. The molecule has 1 aromatic carbocycles. The van der Waals surface area contributed by atoms with Crippen molar-refractivity contribution < 1.29 is 18.3 Å². The Balaban J connectivity index is 1.96. The molecule has 0 heterocycles. The van der Waals surface area contributed by atoms with Crippen LogP contribution in [0.15, 0.2) is 12.1 Å². The maximum atomic E-state index is 13.9. The van der Waals surface area contributed by atoms with Crippen molar-refractivity contribution >= 4 is 0 Å². The number of ether oxygens (including phenoxy) is 2. The number of nitrogens with one attached hydrogen (secondary N) is 1. The van der Waals surface area contributed by atoms with Gasteiger partial charge < -0.3 is 14.8 Å². The van der Waals surface area contributed by atoms with Crippen LogP contribution in [0.1, 0.15) is 31.2 Å². The SMILES string of the molecule is COCCNCc1cc(F)c(OC2CCCC2)c(F)c1. The molecule has 0 spiro atoms. The lowest BCUT2D eigenvalue weighted by molar-refractivity contribution is 0.190. The summed E-state index contributed by atoms with van der Waals surface area (Å²) >= 11 is 0. The van der Waals surface area contributed by atoms with Gasteiger partial charge in [0.05, 0.1) is 12.7 Å². The first-order valence-corrected chi connectivity index (χ1v) is 7.05. The summed E-state index contributed by atoms with van der Waals surface area (Å²) in [4.78, 5) is 0. The van der Waals surface area contributed by atoms with E-state index in [1.54, 1.807) is 7.11 Å². The normalized spacial score (nSPS) is 15.8. The number of halogens is 2. The highest BCUT2D eigenvalue weighted by molar-refractivity contribution is 5.31. The van der Waals surface area contributed by atoms with Gasteiger partial charge in [0, 0.05) is 20.2 Å². The number of rotatable bonds is 7. The molecule has 1 aliphatic carbocycles. The van der Waals surface area contributed by atoms with E-state index in [2.05, 4.69) is 5.32 Å². The van der Waals surface area contributed by atoms with Crippen LogP contribution in [-0.2, 0) is 11.3 Å². The summed E-state index contributed by atoms with van der Waals surface area (Å²) in [5.41, 5.74) is 0.565. The second-order valence-electron chi connectivity index (χ2n) is 5.08. The number of benzene rings is 1. The summed E-state index contributed by atoms with van der Waals surface area (Å²) in [5, 5.41) is 3.05. The zero-order valence-corrected chi connectivity index (χ0v) is 11.8. The molecule has 1 N–H and O–H groups in total. The fraction of sp³-hybridized carbons (Fsp3) is 0.600. The second-order valence-corrected chi connectivity index (χ2v) is 5.08. The van der Waals surface area contributed by atoms with E-state index >= 15 is 0 Å². The number of methoxy groups -OCH3 is 1. The van der Waals surface area contributed by atoms with Crippen molar-refractivity contribution in [3.05, 3.63) is 29.3 Å². The van der Waals surface area contributed by atoms with Crippen LogP contribution in [0.5, 0.6) is 5.75 Å². The van der Waals surface area contributed by atoms with E-state index in [1.807, 2.05) is 0 Å². The van der Waals surface area contributed by atoms with E-state index in [1.165, 1.54) is 12.1 Å². The summed E-state index contributed by atoms with van der Waals surface area (Å²) in [5.74, 6) is -1.49. The van der Waals surface area contributed by atoms with Crippen LogP contribution >= 0.6 is 0 Å². The third-order valence-electron chi connectivity index (χ3n) is 3.46. The lowest BCUT2D eigenvalue weighted by Crippen LogP contribution is -2.19. The highest BCUT2D eigenvalue weighted by Crippen LogP contribution is 2.29. The van der Waals surface area contributed by atoms with Crippen LogP contribution < -0.4 is 10.1 Å². The Hall–Kier alpha value is -1.20. The molecule has 0 atom stereocenters. The molecule has 1 saturated carbocycles. The van der Waals surface area contributed by atoms with E-state index in [0.29, 0.717) is 25.3 Å². The summed E-state index contributed by atoms with van der Waals surface area (Å²) in [6, 6.07) is 2.65. The molecule has 1 aliphatic rings. The van der Waals surface area contributed by atoms with Crippen molar-refractivity contribution in [3.63, 3.8) is 0 Å². The minimum Gasteiger partial charge on any atom is -0.484 e. The van der Waals surface area contributed by atoms with Gasteiger partial charge in [-0.2, -0.15) is 0 Å². The molecule has 3 nitrogen and oxygen atoms in total. The fourth-order valence-corrected chi connectivity index (χ4v) is 2.41. The molecule has 0 unspecified atom stereocenters. The Bertz CT molecular complexity index is 411. The zero-order valence-electron chi connectivity index (χ0n) is 11.8. The first-order chi connectivity index (χ1) is 9.70. The molecule has 0 saturated heterocycles. The predicted molar refractivity (Wildman–Crippen MR) is 72.8 cm³/mol. The van der Waals surface area contributed by atoms with E-state index in [4.69, 9.17) is 9.47 Å². The Morgan fingerprint density at radius 1 is 1.20 bits per heavy atom. The number of hydrogen-bond donors (Lipinski definition) is 1. The van der Waals surface area contributed by atoms with Crippen LogP contribution in [0.2, 0.25) is 0 Å². The maximum Gasteiger partial charge on any atom is 0.191 e. The first-order valence-electron chi connectivity index (χ1n) is 7.05. The molecule has 1 aromatic rings. The second kappa shape index (κ2) is 7.55. The molecule has 0 aromatic heterocycles. The summed E-state index contributed by atoms with van der Waals surface area (Å²) in [6.07, 6.45) is 3.83.